The summed E-state index contributed by atoms with van der Waals surface area (Å²) in [4.78, 5) is 0. The van der Waals surface area contributed by atoms with Gasteiger partial charge in [-0.2, -0.15) is 10.5 Å². The van der Waals surface area contributed by atoms with Crippen molar-refractivity contribution in [2.75, 3.05) is 5.32 Å². The molecule has 0 fully saturated rings. The van der Waals surface area contributed by atoms with Gasteiger partial charge in [-0.1, -0.05) is 12.1 Å². The molecule has 0 aliphatic carbocycles. The van der Waals surface area contributed by atoms with Gasteiger partial charge in [0.15, 0.2) is 5.75 Å². The van der Waals surface area contributed by atoms with E-state index < -0.39 is 0 Å². The van der Waals surface area contributed by atoms with Crippen LogP contribution >= 0.6 is 0 Å². The number of para-hydroxylation sites is 2. The van der Waals surface area contributed by atoms with E-state index in [1.54, 1.807) is 36.4 Å². The van der Waals surface area contributed by atoms with Crippen molar-refractivity contribution in [3.63, 3.8) is 0 Å². The molecular formula is C16H10FN3O. The zero-order valence-corrected chi connectivity index (χ0v) is 10.9. The molecule has 1 N–H and O–H groups in total. The van der Waals surface area contributed by atoms with E-state index in [1.807, 2.05) is 0 Å². The van der Waals surface area contributed by atoms with Gasteiger partial charge in [0, 0.05) is 6.20 Å². The van der Waals surface area contributed by atoms with Crippen LogP contribution in [0.2, 0.25) is 0 Å². The molecule has 0 heterocycles. The minimum Gasteiger partial charge on any atom is -0.455 e. The average molecular weight is 279 g/mol. The first-order valence-electron chi connectivity index (χ1n) is 6.02. The van der Waals surface area contributed by atoms with Crippen LogP contribution in [0.5, 0.6) is 11.5 Å². The molecular weight excluding hydrogens is 269 g/mol. The molecule has 0 aliphatic rings. The summed E-state index contributed by atoms with van der Waals surface area (Å²) in [6.45, 7) is 0. The second-order valence-corrected chi connectivity index (χ2v) is 3.98. The largest absolute Gasteiger partial charge is 0.455 e. The highest BCUT2D eigenvalue weighted by atomic mass is 19.1. The molecule has 0 aromatic heterocycles. The average Bonchev–Trinajstić information content (AvgIpc) is 2.52. The smallest absolute Gasteiger partial charge is 0.150 e. The predicted molar refractivity (Wildman–Crippen MR) is 75.8 cm³/mol. The van der Waals surface area contributed by atoms with E-state index in [0.29, 0.717) is 17.2 Å². The SMILES string of the molecule is N#CC(C#N)=CNc1ccccc1Oc1ccc(F)cc1. The number of hydrogen-bond donors (Lipinski definition) is 1. The van der Waals surface area contributed by atoms with E-state index in [9.17, 15) is 4.39 Å². The van der Waals surface area contributed by atoms with Crippen LogP contribution in [-0.4, -0.2) is 0 Å². The second kappa shape index (κ2) is 6.74. The van der Waals surface area contributed by atoms with Crippen molar-refractivity contribution in [3.8, 4) is 23.6 Å². The first kappa shape index (κ1) is 14.1. The number of benzene rings is 2. The van der Waals surface area contributed by atoms with E-state index in [0.717, 1.165) is 0 Å². The van der Waals surface area contributed by atoms with E-state index in [4.69, 9.17) is 15.3 Å². The fourth-order valence-corrected chi connectivity index (χ4v) is 1.54. The molecule has 0 saturated heterocycles. The van der Waals surface area contributed by atoms with Crippen LogP contribution in [0.25, 0.3) is 0 Å². The normalized spacial score (nSPS) is 9.10. The maximum Gasteiger partial charge on any atom is 0.150 e. The summed E-state index contributed by atoms with van der Waals surface area (Å²) in [5.41, 5.74) is 0.538. The Bertz CT molecular complexity index is 723. The van der Waals surface area contributed by atoms with Crippen LogP contribution in [0.3, 0.4) is 0 Å². The van der Waals surface area contributed by atoms with Crippen molar-refractivity contribution >= 4 is 5.69 Å². The summed E-state index contributed by atoms with van der Waals surface area (Å²) < 4.78 is 18.5. The van der Waals surface area contributed by atoms with Crippen molar-refractivity contribution < 1.29 is 9.13 Å². The number of hydrogen-bond acceptors (Lipinski definition) is 4. The second-order valence-electron chi connectivity index (χ2n) is 3.98. The molecule has 2 aromatic carbocycles. The summed E-state index contributed by atoms with van der Waals surface area (Å²) in [5, 5.41) is 20.2. The number of nitrogens with one attached hydrogen (secondary N) is 1. The molecule has 0 atom stereocenters. The molecule has 21 heavy (non-hydrogen) atoms. The highest BCUT2D eigenvalue weighted by Gasteiger charge is 2.04. The molecule has 4 nitrogen and oxygen atoms in total. The van der Waals surface area contributed by atoms with Gasteiger partial charge in [0.25, 0.3) is 0 Å². The Morgan fingerprint density at radius 2 is 1.71 bits per heavy atom. The van der Waals surface area contributed by atoms with Gasteiger partial charge in [0.1, 0.15) is 29.3 Å². The van der Waals surface area contributed by atoms with Crippen molar-refractivity contribution in [2.24, 2.45) is 0 Å². The number of nitriles is 2. The molecule has 0 saturated carbocycles. The molecule has 5 heteroatoms. The lowest BCUT2D eigenvalue weighted by Crippen LogP contribution is -1.94. The summed E-state index contributed by atoms with van der Waals surface area (Å²) in [6, 6.07) is 16.2. The predicted octanol–water partition coefficient (Wildman–Crippen LogP) is 3.96. The zero-order chi connectivity index (χ0) is 15.1. The standard InChI is InChI=1S/C16H10FN3O/c17-13-5-7-14(8-6-13)21-16-4-2-1-3-15(16)20-11-12(9-18)10-19/h1-8,11,20H. The highest BCUT2D eigenvalue weighted by Crippen LogP contribution is 2.29. The van der Waals surface area contributed by atoms with Gasteiger partial charge >= 0.3 is 0 Å². The molecule has 102 valence electrons. The lowest BCUT2D eigenvalue weighted by atomic mass is 10.2. The Labute approximate surface area is 121 Å². The molecule has 2 aromatic rings. The minimum absolute atomic E-state index is 0.0495. The zero-order valence-electron chi connectivity index (χ0n) is 10.9. The van der Waals surface area contributed by atoms with Gasteiger partial charge in [0.05, 0.1) is 5.69 Å². The summed E-state index contributed by atoms with van der Waals surface area (Å²) in [6.07, 6.45) is 1.30. The van der Waals surface area contributed by atoms with E-state index in [2.05, 4.69) is 5.32 Å². The van der Waals surface area contributed by atoms with Crippen LogP contribution < -0.4 is 10.1 Å². The van der Waals surface area contributed by atoms with Gasteiger partial charge in [-0.15, -0.1) is 0 Å². The van der Waals surface area contributed by atoms with Crippen LogP contribution in [-0.2, 0) is 0 Å². The number of anilines is 1. The third-order valence-corrected chi connectivity index (χ3v) is 2.54. The molecule has 0 unspecified atom stereocenters. The van der Waals surface area contributed by atoms with E-state index in [-0.39, 0.29) is 11.4 Å². The number of allylic oxidation sites excluding steroid dienone is 1. The molecule has 0 radical (unpaired) electrons. The number of halogens is 1. The Morgan fingerprint density at radius 3 is 2.38 bits per heavy atom. The Morgan fingerprint density at radius 1 is 1.05 bits per heavy atom. The van der Waals surface area contributed by atoms with Crippen molar-refractivity contribution in [1.29, 1.82) is 10.5 Å². The quantitative estimate of drug-likeness (QED) is 0.860. The molecule has 0 spiro atoms. The van der Waals surface area contributed by atoms with E-state index >= 15 is 0 Å². The topological polar surface area (TPSA) is 68.8 Å². The maximum absolute atomic E-state index is 12.9. The van der Waals surface area contributed by atoms with Gasteiger partial charge < -0.3 is 10.1 Å². The molecule has 0 bridgehead atoms. The maximum atomic E-state index is 12.9. The van der Waals surface area contributed by atoms with Gasteiger partial charge in [-0.3, -0.25) is 0 Å². The molecule has 2 rings (SSSR count). The van der Waals surface area contributed by atoms with Crippen LogP contribution in [0, 0.1) is 28.5 Å². The fraction of sp³-hybridized carbons (Fsp3) is 0. The summed E-state index contributed by atoms with van der Waals surface area (Å²) in [5.74, 6) is 0.635. The van der Waals surface area contributed by atoms with Gasteiger partial charge in [-0.25, -0.2) is 4.39 Å². The van der Waals surface area contributed by atoms with Crippen LogP contribution in [0.1, 0.15) is 0 Å². The molecule has 0 aliphatic heterocycles. The Kier molecular flexibility index (Phi) is 4.53. The van der Waals surface area contributed by atoms with Crippen molar-refractivity contribution in [3.05, 3.63) is 66.1 Å². The van der Waals surface area contributed by atoms with Crippen LogP contribution in [0.4, 0.5) is 10.1 Å². The monoisotopic (exact) mass is 279 g/mol. The van der Waals surface area contributed by atoms with Crippen LogP contribution in [0.15, 0.2) is 60.3 Å². The van der Waals surface area contributed by atoms with Crippen molar-refractivity contribution in [1.82, 2.24) is 0 Å². The third kappa shape index (κ3) is 3.82. The number of rotatable bonds is 4. The summed E-state index contributed by atoms with van der Waals surface area (Å²) >= 11 is 0. The first-order valence-corrected chi connectivity index (χ1v) is 6.02. The van der Waals surface area contributed by atoms with Crippen molar-refractivity contribution in [2.45, 2.75) is 0 Å². The summed E-state index contributed by atoms with van der Waals surface area (Å²) in [7, 11) is 0. The first-order chi connectivity index (χ1) is 10.2. The highest BCUT2D eigenvalue weighted by molar-refractivity contribution is 5.60. The van der Waals surface area contributed by atoms with E-state index in [1.165, 1.54) is 30.5 Å². The number of ether oxygens (including phenoxy) is 1. The van der Waals surface area contributed by atoms with Gasteiger partial charge in [-0.05, 0) is 36.4 Å². The van der Waals surface area contributed by atoms with Gasteiger partial charge in [0.2, 0.25) is 0 Å². The fourth-order valence-electron chi connectivity index (χ4n) is 1.54. The Balaban J connectivity index is 2.21. The molecule has 0 amide bonds. The Hall–Kier alpha value is -3.31. The number of nitrogens with zero attached hydrogens (tertiary/aromatic N) is 2. The lowest BCUT2D eigenvalue weighted by molar-refractivity contribution is 0.482. The minimum atomic E-state index is -0.343. The lowest BCUT2D eigenvalue weighted by Gasteiger charge is -2.10. The third-order valence-electron chi connectivity index (χ3n) is 2.54.